The second-order valence-electron chi connectivity index (χ2n) is 10.5. The number of hydrogen-bond donors (Lipinski definition) is 5. The van der Waals surface area contributed by atoms with Gasteiger partial charge in [0.25, 0.3) is 11.8 Å². The Kier molecular flexibility index (Phi) is 7.98. The largest absolute Gasteiger partial charge is 0.480 e. The van der Waals surface area contributed by atoms with Crippen LogP contribution in [0.15, 0.2) is 60.9 Å². The Labute approximate surface area is 261 Å². The van der Waals surface area contributed by atoms with E-state index in [0.29, 0.717) is 29.7 Å². The van der Waals surface area contributed by atoms with E-state index in [1.165, 1.54) is 0 Å². The van der Waals surface area contributed by atoms with Crippen molar-refractivity contribution >= 4 is 64.1 Å². The van der Waals surface area contributed by atoms with Gasteiger partial charge in [0.2, 0.25) is 0 Å². The lowest BCUT2D eigenvalue weighted by Crippen LogP contribution is -2.50. The smallest absolute Gasteiger partial charge is 0.328 e. The first-order chi connectivity index (χ1) is 21.2. The summed E-state index contributed by atoms with van der Waals surface area (Å²) in [7, 11) is 0. The SMILES string of the molecule is O=C(NC[C@H](NC(=O)c1c(Cl)cc2c(c1Cl)CCN(C(=O)c1ccc3nc[nH]c3c1)C2)C(=O)O)N[C@@H]1C=Cc2ccccc21. The molecule has 5 N–H and O–H groups in total. The van der Waals surface area contributed by atoms with Crippen molar-refractivity contribution in [2.24, 2.45) is 0 Å². The van der Waals surface area contributed by atoms with E-state index >= 15 is 0 Å². The number of carboxylic acid groups (broad SMARTS) is 1. The summed E-state index contributed by atoms with van der Waals surface area (Å²) in [5, 5.41) is 17.5. The molecule has 1 aliphatic carbocycles. The highest BCUT2D eigenvalue weighted by Crippen LogP contribution is 2.35. The molecule has 0 saturated carbocycles. The van der Waals surface area contributed by atoms with Crippen LogP contribution in [0, 0.1) is 0 Å². The van der Waals surface area contributed by atoms with Gasteiger partial charge in [-0.1, -0.05) is 59.6 Å². The number of benzene rings is 3. The third-order valence-corrected chi connectivity index (χ3v) is 8.46. The van der Waals surface area contributed by atoms with Gasteiger partial charge in [-0.15, -0.1) is 0 Å². The number of carbonyl (C=O) groups is 4. The zero-order chi connectivity index (χ0) is 31.0. The Morgan fingerprint density at radius 2 is 1.93 bits per heavy atom. The number of fused-ring (bicyclic) bond motifs is 3. The predicted octanol–water partition coefficient (Wildman–Crippen LogP) is 4.32. The number of hydrogen-bond acceptors (Lipinski definition) is 5. The maximum atomic E-state index is 13.2. The monoisotopic (exact) mass is 632 g/mol. The molecule has 0 saturated heterocycles. The first-order valence-electron chi connectivity index (χ1n) is 13.8. The average molecular weight is 633 g/mol. The van der Waals surface area contributed by atoms with E-state index in [1.807, 2.05) is 36.4 Å². The minimum absolute atomic E-state index is 0.0148. The number of carbonyl (C=O) groups excluding carboxylic acids is 3. The van der Waals surface area contributed by atoms with Gasteiger partial charge >= 0.3 is 12.0 Å². The van der Waals surface area contributed by atoms with Crippen LogP contribution < -0.4 is 16.0 Å². The van der Waals surface area contributed by atoms with Crippen molar-refractivity contribution in [3.05, 3.63) is 104 Å². The second kappa shape index (κ2) is 12.0. The summed E-state index contributed by atoms with van der Waals surface area (Å²) >= 11 is 13.1. The number of aliphatic carboxylic acids is 1. The second-order valence-corrected chi connectivity index (χ2v) is 11.3. The molecule has 11 nitrogen and oxygen atoms in total. The average Bonchev–Trinajstić information content (AvgIpc) is 3.65. The van der Waals surface area contributed by atoms with Crippen LogP contribution in [0.25, 0.3) is 17.1 Å². The maximum absolute atomic E-state index is 13.2. The van der Waals surface area contributed by atoms with Crippen LogP contribution >= 0.6 is 23.2 Å². The van der Waals surface area contributed by atoms with Crippen molar-refractivity contribution in [1.82, 2.24) is 30.8 Å². The van der Waals surface area contributed by atoms with Crippen molar-refractivity contribution in [2.45, 2.75) is 25.0 Å². The number of imidazole rings is 1. The molecular formula is C31H26Cl2N6O5. The van der Waals surface area contributed by atoms with Gasteiger partial charge in [-0.3, -0.25) is 9.59 Å². The number of halogens is 2. The number of urea groups is 1. The van der Waals surface area contributed by atoms with Gasteiger partial charge in [-0.25, -0.2) is 14.6 Å². The molecule has 13 heteroatoms. The van der Waals surface area contributed by atoms with Crippen molar-refractivity contribution < 1.29 is 24.3 Å². The first-order valence-corrected chi connectivity index (χ1v) is 14.5. The van der Waals surface area contributed by atoms with E-state index in [4.69, 9.17) is 23.2 Å². The Morgan fingerprint density at radius 3 is 2.75 bits per heavy atom. The van der Waals surface area contributed by atoms with E-state index in [0.717, 1.165) is 22.2 Å². The number of aromatic amines is 1. The molecule has 0 radical (unpaired) electrons. The van der Waals surface area contributed by atoms with Crippen molar-refractivity contribution in [3.8, 4) is 0 Å². The van der Waals surface area contributed by atoms with Gasteiger partial charge in [-0.2, -0.15) is 0 Å². The Hall–Kier alpha value is -4.87. The van der Waals surface area contributed by atoms with Crippen molar-refractivity contribution in [2.75, 3.05) is 13.1 Å². The standard InChI is InChI=1S/C31H26Cl2N6O5/c32-21-11-18-14-39(29(41)17-6-8-23-24(12-17)36-15-35-23)10-9-20(18)27(33)26(21)28(40)37-25(30(42)43)13-34-31(44)38-22-7-5-16-3-1-2-4-19(16)22/h1-8,11-12,15,22,25H,9-10,13-14H2,(H,35,36)(H,37,40)(H,42,43)(H2,34,38,44)/t22-,25+/m1/s1. The van der Waals surface area contributed by atoms with Crippen molar-refractivity contribution in [3.63, 3.8) is 0 Å². The molecule has 2 atom stereocenters. The van der Waals surface area contributed by atoms with Gasteiger partial charge in [-0.05, 0) is 52.9 Å². The van der Waals surface area contributed by atoms with Crippen molar-refractivity contribution in [1.29, 1.82) is 0 Å². The van der Waals surface area contributed by atoms with E-state index < -0.39 is 23.9 Å². The van der Waals surface area contributed by atoms with E-state index in [9.17, 15) is 24.3 Å². The molecule has 0 spiro atoms. The lowest BCUT2D eigenvalue weighted by Gasteiger charge is -2.30. The fraction of sp³-hybridized carbons (Fsp3) is 0.194. The summed E-state index contributed by atoms with van der Waals surface area (Å²) in [4.78, 5) is 59.8. The fourth-order valence-corrected chi connectivity index (χ4v) is 6.24. The molecule has 224 valence electrons. The molecule has 0 bridgehead atoms. The van der Waals surface area contributed by atoms with E-state index in [1.54, 1.807) is 35.5 Å². The lowest BCUT2D eigenvalue weighted by atomic mass is 9.96. The molecule has 4 aromatic rings. The summed E-state index contributed by atoms with van der Waals surface area (Å²) in [6.45, 7) is 0.202. The van der Waals surface area contributed by atoms with Gasteiger partial charge in [0, 0.05) is 18.7 Å². The molecule has 2 heterocycles. The number of nitrogens with one attached hydrogen (secondary N) is 4. The van der Waals surface area contributed by atoms with Crippen LogP contribution in [0.5, 0.6) is 0 Å². The molecule has 0 unspecified atom stereocenters. The quantitative estimate of drug-likeness (QED) is 0.204. The van der Waals surface area contributed by atoms with E-state index in [-0.39, 0.29) is 40.6 Å². The van der Waals surface area contributed by atoms with Gasteiger partial charge < -0.3 is 30.9 Å². The Bertz CT molecular complexity index is 1850. The highest BCUT2D eigenvalue weighted by molar-refractivity contribution is 6.40. The van der Waals surface area contributed by atoms with E-state index in [2.05, 4.69) is 25.9 Å². The highest BCUT2D eigenvalue weighted by atomic mass is 35.5. The Morgan fingerprint density at radius 1 is 1.11 bits per heavy atom. The number of amides is 4. The summed E-state index contributed by atoms with van der Waals surface area (Å²) in [6.07, 6.45) is 5.65. The minimum atomic E-state index is -1.46. The molecule has 6 rings (SSSR count). The van der Waals surface area contributed by atoms with Crippen LogP contribution in [-0.2, 0) is 17.8 Å². The minimum Gasteiger partial charge on any atom is -0.480 e. The molecule has 1 aromatic heterocycles. The van der Waals surface area contributed by atoms with Gasteiger partial charge in [0.05, 0.1) is 45.6 Å². The number of H-pyrrole nitrogens is 1. The molecule has 3 aromatic carbocycles. The van der Waals surface area contributed by atoms with Crippen LogP contribution in [0.3, 0.4) is 0 Å². The third kappa shape index (κ3) is 5.71. The number of nitrogens with zero attached hydrogens (tertiary/aromatic N) is 2. The van der Waals surface area contributed by atoms with Crippen LogP contribution in [0.1, 0.15) is 49.0 Å². The molecule has 44 heavy (non-hydrogen) atoms. The molecule has 0 fully saturated rings. The molecule has 2 aliphatic rings. The third-order valence-electron chi connectivity index (χ3n) is 7.74. The summed E-state index contributed by atoms with van der Waals surface area (Å²) in [6, 6.07) is 12.0. The predicted molar refractivity (Wildman–Crippen MR) is 165 cm³/mol. The summed E-state index contributed by atoms with van der Waals surface area (Å²) in [5.41, 5.74) is 5.20. The Balaban J connectivity index is 1.11. The first kappa shape index (κ1) is 29.2. The van der Waals surface area contributed by atoms with Crippen LogP contribution in [0.2, 0.25) is 10.0 Å². The molecule has 1 aliphatic heterocycles. The van der Waals surface area contributed by atoms with Gasteiger partial charge in [0.15, 0.2) is 0 Å². The van der Waals surface area contributed by atoms with Crippen LogP contribution in [-0.4, -0.2) is 62.9 Å². The highest BCUT2D eigenvalue weighted by Gasteiger charge is 2.30. The molecule has 4 amide bonds. The topological polar surface area (TPSA) is 157 Å². The zero-order valence-electron chi connectivity index (χ0n) is 23.1. The number of carboxylic acids is 1. The van der Waals surface area contributed by atoms with Crippen LogP contribution in [0.4, 0.5) is 4.79 Å². The maximum Gasteiger partial charge on any atom is 0.328 e. The lowest BCUT2D eigenvalue weighted by molar-refractivity contribution is -0.139. The number of aromatic nitrogens is 2. The normalized spacial score (nSPS) is 15.8. The summed E-state index contributed by atoms with van der Waals surface area (Å²) in [5.74, 6) is -2.32. The fourth-order valence-electron chi connectivity index (χ4n) is 5.48. The zero-order valence-corrected chi connectivity index (χ0v) is 24.6. The van der Waals surface area contributed by atoms with Gasteiger partial charge in [0.1, 0.15) is 6.04 Å². The number of rotatable bonds is 7. The summed E-state index contributed by atoms with van der Waals surface area (Å²) < 4.78 is 0. The molecular weight excluding hydrogens is 607 g/mol.